The van der Waals surface area contributed by atoms with Crippen LogP contribution in [-0.4, -0.2) is 31.9 Å². The minimum atomic E-state index is -0.469. The van der Waals surface area contributed by atoms with Crippen molar-refractivity contribution in [3.63, 3.8) is 0 Å². The molecule has 0 saturated carbocycles. The number of hydrazine groups is 1. The maximum Gasteiger partial charge on any atom is 0.270 e. The van der Waals surface area contributed by atoms with Crippen molar-refractivity contribution in [3.8, 4) is 11.3 Å². The van der Waals surface area contributed by atoms with Crippen LogP contribution >= 0.6 is 34.2 Å². The summed E-state index contributed by atoms with van der Waals surface area (Å²) < 4.78 is -0.435. The molecule has 2 N–H and O–H groups in total. The number of aliphatic imine (C=N–C) groups is 1. The quantitative estimate of drug-likeness (QED) is 0.0989. The van der Waals surface area contributed by atoms with E-state index < -0.39 is 8.97 Å². The summed E-state index contributed by atoms with van der Waals surface area (Å²) in [7, 11) is 0. The van der Waals surface area contributed by atoms with Crippen LogP contribution in [0, 0.1) is 10.1 Å². The molecule has 0 bridgehead atoms. The fraction of sp³-hybridized carbons (Fsp3) is 0.0417. The topological polar surface area (TPSA) is 117 Å². The molecule has 1 unspecified atom stereocenters. The van der Waals surface area contributed by atoms with E-state index in [1.807, 2.05) is 18.2 Å². The van der Waals surface area contributed by atoms with Gasteiger partial charge in [0.2, 0.25) is 0 Å². The number of aromatic nitrogens is 2. The van der Waals surface area contributed by atoms with Crippen LogP contribution in [0.25, 0.3) is 11.3 Å². The number of rotatable bonds is 5. The zero-order valence-electron chi connectivity index (χ0n) is 17.9. The van der Waals surface area contributed by atoms with Crippen LogP contribution < -0.4 is 5.43 Å². The second-order valence-corrected chi connectivity index (χ2v) is 9.21. The molecule has 9 nitrogen and oxygen atoms in total. The second-order valence-electron chi connectivity index (χ2n) is 7.60. The average Bonchev–Trinajstić information content (AvgIpc) is 3.31. The third-order valence-corrected chi connectivity index (χ3v) is 6.80. The summed E-state index contributed by atoms with van der Waals surface area (Å²) in [5, 5.41) is 21.1. The first-order valence-corrected chi connectivity index (χ1v) is 12.0. The Kier molecular flexibility index (Phi) is 6.22. The average molecular weight is 599 g/mol. The van der Waals surface area contributed by atoms with Gasteiger partial charge in [-0.05, 0) is 46.9 Å². The molecule has 3 aromatic carbocycles. The Balaban J connectivity index is 1.63. The molecule has 1 aromatic heterocycles. The van der Waals surface area contributed by atoms with Gasteiger partial charge in [0.25, 0.3) is 11.6 Å². The van der Waals surface area contributed by atoms with Crippen molar-refractivity contribution in [1.29, 1.82) is 0 Å². The van der Waals surface area contributed by atoms with Crippen LogP contribution in [-0.2, 0) is 0 Å². The molecule has 1 aliphatic rings. The number of nitrogens with one attached hydrogen (secondary N) is 2. The number of carbonyl (C=O) groups excluding carboxylic acids is 1. The van der Waals surface area contributed by atoms with Gasteiger partial charge in [0.15, 0.2) is 5.84 Å². The predicted octanol–water partition coefficient (Wildman–Crippen LogP) is 5.81. The Bertz CT molecular complexity index is 1460. The molecule has 5 rings (SSSR count). The monoisotopic (exact) mass is 598 g/mol. The minimum absolute atomic E-state index is 0.0829. The van der Waals surface area contributed by atoms with E-state index in [2.05, 4.69) is 38.2 Å². The number of aromatic amines is 1. The van der Waals surface area contributed by atoms with Gasteiger partial charge in [-0.25, -0.2) is 10.0 Å². The summed E-state index contributed by atoms with van der Waals surface area (Å²) in [6.07, 6.45) is 0. The molecule has 174 valence electrons. The standard InChI is InChI=1S/C24H16ClIN6O3/c25-17-11-9-14(10-12-17)19-20-21(29-28-19)22(26)31(30-24(33)15-5-2-1-3-6-15)23(27-20)16-7-4-8-18(13-16)32(34)35/h1-13,22H,(H,28,29)(H,30,33). The van der Waals surface area contributed by atoms with E-state index >= 15 is 0 Å². The van der Waals surface area contributed by atoms with E-state index in [1.165, 1.54) is 12.1 Å². The zero-order valence-corrected chi connectivity index (χ0v) is 20.8. The number of alkyl halides is 1. The first-order valence-electron chi connectivity index (χ1n) is 10.4. The highest BCUT2D eigenvalue weighted by atomic mass is 127. The van der Waals surface area contributed by atoms with Crippen molar-refractivity contribution in [1.82, 2.24) is 20.6 Å². The molecule has 4 aromatic rings. The van der Waals surface area contributed by atoms with Gasteiger partial charge in [-0.15, -0.1) is 0 Å². The largest absolute Gasteiger partial charge is 0.277 e. The van der Waals surface area contributed by atoms with Gasteiger partial charge in [0.1, 0.15) is 15.4 Å². The highest BCUT2D eigenvalue weighted by Gasteiger charge is 2.34. The molecule has 1 amide bonds. The highest BCUT2D eigenvalue weighted by molar-refractivity contribution is 14.1. The fourth-order valence-electron chi connectivity index (χ4n) is 3.67. The lowest BCUT2D eigenvalue weighted by Crippen LogP contribution is -2.48. The molecule has 0 saturated heterocycles. The Morgan fingerprint density at radius 2 is 1.80 bits per heavy atom. The molecular weight excluding hydrogens is 583 g/mol. The number of non-ortho nitro benzene ring substituents is 1. The molecule has 0 radical (unpaired) electrons. The van der Waals surface area contributed by atoms with E-state index in [1.54, 1.807) is 53.5 Å². The molecule has 0 spiro atoms. The van der Waals surface area contributed by atoms with Gasteiger partial charge < -0.3 is 0 Å². The number of nitrogens with zero attached hydrogens (tertiary/aromatic N) is 4. The number of H-pyrrole nitrogens is 1. The SMILES string of the molecule is O=C(NN1C(c2cccc([N+](=O)[O-])c2)=Nc2c(-c3ccc(Cl)cc3)n[nH]c2C1I)c1ccccc1. The van der Waals surface area contributed by atoms with Gasteiger partial charge in [-0.3, -0.25) is 25.4 Å². The highest BCUT2D eigenvalue weighted by Crippen LogP contribution is 2.43. The summed E-state index contributed by atoms with van der Waals surface area (Å²) in [6.45, 7) is 0. The summed E-state index contributed by atoms with van der Waals surface area (Å²) in [5.41, 5.74) is 6.43. The van der Waals surface area contributed by atoms with Crippen molar-refractivity contribution in [2.45, 2.75) is 4.05 Å². The van der Waals surface area contributed by atoms with Crippen LogP contribution in [0.1, 0.15) is 25.7 Å². The molecule has 1 aliphatic heterocycles. The number of carbonyl (C=O) groups is 1. The molecule has 35 heavy (non-hydrogen) atoms. The number of amidine groups is 1. The van der Waals surface area contributed by atoms with E-state index in [9.17, 15) is 14.9 Å². The van der Waals surface area contributed by atoms with Gasteiger partial charge in [0, 0.05) is 33.8 Å². The number of hydrogen-bond donors (Lipinski definition) is 2. The number of halogens is 2. The lowest BCUT2D eigenvalue weighted by Gasteiger charge is -2.33. The Morgan fingerprint density at radius 3 is 2.51 bits per heavy atom. The number of hydrogen-bond acceptors (Lipinski definition) is 6. The number of benzene rings is 3. The smallest absolute Gasteiger partial charge is 0.270 e. The summed E-state index contributed by atoms with van der Waals surface area (Å²) in [5.74, 6) is 0.00721. The molecular formula is C24H16ClIN6O3. The van der Waals surface area contributed by atoms with Gasteiger partial charge in [-0.1, -0.05) is 54.1 Å². The van der Waals surface area contributed by atoms with Crippen molar-refractivity contribution >= 4 is 57.3 Å². The van der Waals surface area contributed by atoms with Crippen molar-refractivity contribution < 1.29 is 9.72 Å². The molecule has 0 aliphatic carbocycles. The lowest BCUT2D eigenvalue weighted by molar-refractivity contribution is -0.384. The van der Waals surface area contributed by atoms with E-state index in [4.69, 9.17) is 16.6 Å². The molecule has 2 heterocycles. The Hall–Kier alpha value is -3.77. The predicted molar refractivity (Wildman–Crippen MR) is 141 cm³/mol. The van der Waals surface area contributed by atoms with Crippen LogP contribution in [0.2, 0.25) is 5.02 Å². The van der Waals surface area contributed by atoms with Crippen molar-refractivity contribution in [2.24, 2.45) is 4.99 Å². The van der Waals surface area contributed by atoms with Gasteiger partial charge in [-0.2, -0.15) is 5.10 Å². The number of nitro benzene ring substituents is 1. The normalized spacial score (nSPS) is 14.7. The Labute approximate surface area is 218 Å². The van der Waals surface area contributed by atoms with Crippen LogP contribution in [0.5, 0.6) is 0 Å². The van der Waals surface area contributed by atoms with E-state index in [0.717, 1.165) is 5.56 Å². The van der Waals surface area contributed by atoms with Gasteiger partial charge in [0.05, 0.1) is 10.6 Å². The maximum atomic E-state index is 13.0. The fourth-order valence-corrected chi connectivity index (χ4v) is 4.63. The van der Waals surface area contributed by atoms with Crippen LogP contribution in [0.3, 0.4) is 0 Å². The number of amides is 1. The third kappa shape index (κ3) is 4.49. The molecule has 0 fully saturated rings. The number of nitro groups is 1. The molecule has 1 atom stereocenters. The van der Waals surface area contributed by atoms with Gasteiger partial charge >= 0.3 is 0 Å². The van der Waals surface area contributed by atoms with E-state index in [-0.39, 0.29) is 11.6 Å². The minimum Gasteiger partial charge on any atom is -0.277 e. The van der Waals surface area contributed by atoms with Crippen molar-refractivity contribution in [3.05, 3.63) is 111 Å². The van der Waals surface area contributed by atoms with Crippen molar-refractivity contribution in [2.75, 3.05) is 0 Å². The summed E-state index contributed by atoms with van der Waals surface area (Å²) in [4.78, 5) is 28.8. The number of fused-ring (bicyclic) bond motifs is 1. The first kappa shape index (κ1) is 23.0. The molecule has 11 heteroatoms. The van der Waals surface area contributed by atoms with Crippen LogP contribution in [0.15, 0.2) is 83.9 Å². The third-order valence-electron chi connectivity index (χ3n) is 5.37. The summed E-state index contributed by atoms with van der Waals surface area (Å²) >= 11 is 8.21. The summed E-state index contributed by atoms with van der Waals surface area (Å²) in [6, 6.07) is 22.1. The zero-order chi connectivity index (χ0) is 24.5. The van der Waals surface area contributed by atoms with E-state index in [0.29, 0.717) is 39.1 Å². The second kappa shape index (κ2) is 9.47. The Morgan fingerprint density at radius 1 is 1.06 bits per heavy atom. The first-order chi connectivity index (χ1) is 16.9. The van der Waals surface area contributed by atoms with Crippen LogP contribution in [0.4, 0.5) is 11.4 Å². The maximum absolute atomic E-state index is 13.0. The lowest BCUT2D eigenvalue weighted by atomic mass is 10.1.